The molecule has 1 aromatic rings. The molecule has 1 aliphatic rings. The highest BCUT2D eigenvalue weighted by atomic mass is 19.1. The number of anilines is 1. The fourth-order valence-corrected chi connectivity index (χ4v) is 2.90. The van der Waals surface area contributed by atoms with E-state index in [4.69, 9.17) is 0 Å². The number of benzene rings is 1. The van der Waals surface area contributed by atoms with E-state index in [1.54, 1.807) is 12.1 Å². The quantitative estimate of drug-likeness (QED) is 0.892. The monoisotopic (exact) mass is 279 g/mol. The Morgan fingerprint density at radius 2 is 2.00 bits per heavy atom. The highest BCUT2D eigenvalue weighted by Crippen LogP contribution is 2.22. The summed E-state index contributed by atoms with van der Waals surface area (Å²) in [5.74, 6) is 0.565. The van der Waals surface area contributed by atoms with Crippen LogP contribution in [0.1, 0.15) is 18.4 Å². The molecule has 0 amide bonds. The lowest BCUT2D eigenvalue weighted by atomic mass is 9.96. The predicted molar refractivity (Wildman–Crippen MR) is 82.7 cm³/mol. The average molecular weight is 279 g/mol. The molecule has 1 saturated heterocycles. The molecule has 1 heterocycles. The van der Waals surface area contributed by atoms with Crippen LogP contribution in [0.3, 0.4) is 0 Å². The number of nitrogens with one attached hydrogen (secondary N) is 1. The number of rotatable bonds is 5. The van der Waals surface area contributed by atoms with Crippen molar-refractivity contribution in [1.82, 2.24) is 10.2 Å². The van der Waals surface area contributed by atoms with Gasteiger partial charge in [-0.15, -0.1) is 0 Å². The molecule has 0 spiro atoms. The normalized spacial score (nSPS) is 17.4. The van der Waals surface area contributed by atoms with Crippen molar-refractivity contribution in [2.45, 2.75) is 19.4 Å². The third-order valence-electron chi connectivity index (χ3n) is 4.13. The van der Waals surface area contributed by atoms with E-state index in [9.17, 15) is 4.39 Å². The molecule has 1 fully saturated rings. The lowest BCUT2D eigenvalue weighted by molar-refractivity contribution is 0.222. The summed E-state index contributed by atoms with van der Waals surface area (Å²) in [5.41, 5.74) is 1.98. The van der Waals surface area contributed by atoms with E-state index in [0.29, 0.717) is 12.5 Å². The largest absolute Gasteiger partial charge is 0.374 e. The lowest BCUT2D eigenvalue weighted by Crippen LogP contribution is -2.35. The van der Waals surface area contributed by atoms with Gasteiger partial charge in [-0.2, -0.15) is 0 Å². The minimum absolute atomic E-state index is 0.150. The van der Waals surface area contributed by atoms with Crippen molar-refractivity contribution < 1.29 is 4.39 Å². The Hall–Kier alpha value is -1.13. The Bertz CT molecular complexity index is 428. The van der Waals surface area contributed by atoms with Crippen LogP contribution in [0, 0.1) is 11.7 Å². The fraction of sp³-hybridized carbons (Fsp3) is 0.625. The zero-order chi connectivity index (χ0) is 14.5. The van der Waals surface area contributed by atoms with Gasteiger partial charge in [-0.1, -0.05) is 0 Å². The fourth-order valence-electron chi connectivity index (χ4n) is 2.90. The van der Waals surface area contributed by atoms with Crippen LogP contribution in [-0.2, 0) is 6.54 Å². The van der Waals surface area contributed by atoms with E-state index in [1.807, 2.05) is 7.05 Å². The summed E-state index contributed by atoms with van der Waals surface area (Å²) in [4.78, 5) is 4.57. The molecule has 1 aliphatic heterocycles. The van der Waals surface area contributed by atoms with E-state index in [1.165, 1.54) is 25.9 Å². The number of piperidine rings is 1. The molecule has 0 bridgehead atoms. The Balaban J connectivity index is 1.99. The SMILES string of the molecule is CNCc1cc(F)cc(N(C)CC2CCN(C)CC2)c1. The molecule has 0 radical (unpaired) electrons. The van der Waals surface area contributed by atoms with Crippen LogP contribution in [-0.4, -0.2) is 45.7 Å². The third-order valence-corrected chi connectivity index (χ3v) is 4.13. The van der Waals surface area contributed by atoms with Crippen molar-refractivity contribution in [2.24, 2.45) is 5.92 Å². The number of nitrogens with zero attached hydrogens (tertiary/aromatic N) is 2. The molecule has 1 aromatic carbocycles. The minimum Gasteiger partial charge on any atom is -0.374 e. The number of halogens is 1. The van der Waals surface area contributed by atoms with Crippen molar-refractivity contribution >= 4 is 5.69 Å². The second-order valence-corrected chi connectivity index (χ2v) is 5.98. The molecule has 112 valence electrons. The second-order valence-electron chi connectivity index (χ2n) is 5.98. The molecular weight excluding hydrogens is 253 g/mol. The van der Waals surface area contributed by atoms with Gasteiger partial charge in [0.2, 0.25) is 0 Å². The molecule has 0 atom stereocenters. The topological polar surface area (TPSA) is 18.5 Å². The first-order valence-electron chi connectivity index (χ1n) is 7.42. The Morgan fingerprint density at radius 1 is 1.30 bits per heavy atom. The maximum atomic E-state index is 13.7. The van der Waals surface area contributed by atoms with Crippen LogP contribution >= 0.6 is 0 Å². The predicted octanol–water partition coefficient (Wildman–Crippen LogP) is 2.32. The van der Waals surface area contributed by atoms with Crippen LogP contribution in [0.5, 0.6) is 0 Å². The van der Waals surface area contributed by atoms with Gasteiger partial charge in [-0.05, 0) is 69.7 Å². The molecule has 0 aromatic heterocycles. The summed E-state index contributed by atoms with van der Waals surface area (Å²) in [6, 6.07) is 5.31. The number of hydrogen-bond donors (Lipinski definition) is 1. The zero-order valence-electron chi connectivity index (χ0n) is 12.8. The van der Waals surface area contributed by atoms with Crippen molar-refractivity contribution in [1.29, 1.82) is 0 Å². The standard InChI is InChI=1S/C16H26FN3/c1-18-11-14-8-15(17)10-16(9-14)20(3)12-13-4-6-19(2)7-5-13/h8-10,13,18H,4-7,11-12H2,1-3H3. The average Bonchev–Trinajstić information content (AvgIpc) is 2.41. The summed E-state index contributed by atoms with van der Waals surface area (Å²) in [5, 5.41) is 3.07. The first-order chi connectivity index (χ1) is 9.58. The summed E-state index contributed by atoms with van der Waals surface area (Å²) in [6.07, 6.45) is 2.47. The van der Waals surface area contributed by atoms with E-state index in [-0.39, 0.29) is 5.82 Å². The van der Waals surface area contributed by atoms with Gasteiger partial charge < -0.3 is 15.1 Å². The van der Waals surface area contributed by atoms with Crippen molar-refractivity contribution in [3.63, 3.8) is 0 Å². The smallest absolute Gasteiger partial charge is 0.125 e. The highest BCUT2D eigenvalue weighted by molar-refractivity contribution is 5.48. The maximum absolute atomic E-state index is 13.7. The van der Waals surface area contributed by atoms with Gasteiger partial charge in [-0.25, -0.2) is 4.39 Å². The first kappa shape index (κ1) is 15.3. The molecule has 0 unspecified atom stereocenters. The molecule has 3 nitrogen and oxygen atoms in total. The molecule has 1 N–H and O–H groups in total. The van der Waals surface area contributed by atoms with E-state index < -0.39 is 0 Å². The van der Waals surface area contributed by atoms with Crippen LogP contribution in [0.4, 0.5) is 10.1 Å². The molecule has 4 heteroatoms. The Morgan fingerprint density at radius 3 is 2.65 bits per heavy atom. The minimum atomic E-state index is -0.150. The number of hydrogen-bond acceptors (Lipinski definition) is 3. The van der Waals surface area contributed by atoms with Gasteiger partial charge in [0, 0.05) is 25.8 Å². The van der Waals surface area contributed by atoms with Gasteiger partial charge in [0.1, 0.15) is 5.82 Å². The Labute approximate surface area is 121 Å². The van der Waals surface area contributed by atoms with Crippen LogP contribution in [0.2, 0.25) is 0 Å². The van der Waals surface area contributed by atoms with Gasteiger partial charge in [0.15, 0.2) is 0 Å². The van der Waals surface area contributed by atoms with Crippen molar-refractivity contribution in [3.8, 4) is 0 Å². The molecule has 20 heavy (non-hydrogen) atoms. The molecule has 2 rings (SSSR count). The van der Waals surface area contributed by atoms with E-state index in [0.717, 1.165) is 17.8 Å². The van der Waals surface area contributed by atoms with E-state index >= 15 is 0 Å². The van der Waals surface area contributed by atoms with Crippen LogP contribution in [0.15, 0.2) is 18.2 Å². The second kappa shape index (κ2) is 7.04. The summed E-state index contributed by atoms with van der Waals surface area (Å²) in [6.45, 7) is 4.06. The first-order valence-corrected chi connectivity index (χ1v) is 7.42. The van der Waals surface area contributed by atoms with Gasteiger partial charge in [0.05, 0.1) is 0 Å². The third kappa shape index (κ3) is 4.18. The van der Waals surface area contributed by atoms with E-state index in [2.05, 4.69) is 35.3 Å². The molecular formula is C16H26FN3. The maximum Gasteiger partial charge on any atom is 0.125 e. The zero-order valence-corrected chi connectivity index (χ0v) is 12.8. The van der Waals surface area contributed by atoms with Gasteiger partial charge in [0.25, 0.3) is 0 Å². The Kier molecular flexibility index (Phi) is 5.38. The van der Waals surface area contributed by atoms with Gasteiger partial charge >= 0.3 is 0 Å². The van der Waals surface area contributed by atoms with Crippen LogP contribution < -0.4 is 10.2 Å². The van der Waals surface area contributed by atoms with Crippen LogP contribution in [0.25, 0.3) is 0 Å². The summed E-state index contributed by atoms with van der Waals surface area (Å²) >= 11 is 0. The lowest BCUT2D eigenvalue weighted by Gasteiger charge is -2.32. The summed E-state index contributed by atoms with van der Waals surface area (Å²) in [7, 11) is 6.12. The van der Waals surface area contributed by atoms with Gasteiger partial charge in [-0.3, -0.25) is 0 Å². The highest BCUT2D eigenvalue weighted by Gasteiger charge is 2.18. The number of likely N-dealkylation sites (tertiary alicyclic amines) is 1. The molecule has 0 aliphatic carbocycles. The molecule has 0 saturated carbocycles. The summed E-state index contributed by atoms with van der Waals surface area (Å²) < 4.78 is 13.7. The van der Waals surface area contributed by atoms with Crippen molar-refractivity contribution in [3.05, 3.63) is 29.6 Å². The van der Waals surface area contributed by atoms with Crippen molar-refractivity contribution in [2.75, 3.05) is 45.7 Å².